The molecule has 1 rings (SSSR count). The Morgan fingerprint density at radius 1 is 1.43 bits per heavy atom. The van der Waals surface area contributed by atoms with Crippen molar-refractivity contribution in [2.24, 2.45) is 5.11 Å². The fraction of sp³-hybridized carbons (Fsp3) is 0.100. The molecule has 0 fully saturated rings. The Morgan fingerprint density at radius 3 is 2.57 bits per heavy atom. The van der Waals surface area contributed by atoms with E-state index in [4.69, 9.17) is 10.8 Å². The third-order valence-corrected chi connectivity index (χ3v) is 1.71. The Hall–Kier alpha value is -2.24. The maximum absolute atomic E-state index is 8.70. The minimum atomic E-state index is 0.385. The maximum Gasteiger partial charge on any atom is 0.0949 e. The van der Waals surface area contributed by atoms with Crippen LogP contribution in [0.15, 0.2) is 41.0 Å². The monoisotopic (exact) mass is 184 g/mol. The van der Waals surface area contributed by atoms with Crippen molar-refractivity contribution in [2.45, 2.75) is 6.92 Å². The lowest BCUT2D eigenvalue weighted by atomic mass is 10.1. The molecule has 0 heterocycles. The van der Waals surface area contributed by atoms with Gasteiger partial charge in [-0.25, -0.2) is 0 Å². The minimum Gasteiger partial charge on any atom is -0.193 e. The maximum atomic E-state index is 8.70. The van der Waals surface area contributed by atoms with Crippen LogP contribution in [-0.4, -0.2) is 0 Å². The van der Waals surface area contributed by atoms with Crippen LogP contribution >= 0.6 is 0 Å². The Balaban J connectivity index is 3.29. The lowest BCUT2D eigenvalue weighted by Crippen LogP contribution is -1.83. The van der Waals surface area contributed by atoms with E-state index in [1.807, 2.05) is 24.3 Å². The van der Waals surface area contributed by atoms with Gasteiger partial charge in [0, 0.05) is 10.5 Å². The first kappa shape index (κ1) is 9.85. The second-order valence-corrected chi connectivity index (χ2v) is 2.64. The van der Waals surface area contributed by atoms with E-state index in [1.54, 1.807) is 19.1 Å². The number of nitriles is 1. The summed E-state index contributed by atoms with van der Waals surface area (Å²) in [6, 6.07) is 11.1. The molecular formula is C10H8N4. The van der Waals surface area contributed by atoms with Gasteiger partial charge < -0.3 is 0 Å². The van der Waals surface area contributed by atoms with Crippen LogP contribution in [0.3, 0.4) is 0 Å². The van der Waals surface area contributed by atoms with E-state index in [0.717, 1.165) is 5.56 Å². The normalized spacial score (nSPS) is 10.9. The van der Waals surface area contributed by atoms with Gasteiger partial charge >= 0.3 is 0 Å². The molecule has 4 heteroatoms. The minimum absolute atomic E-state index is 0.385. The third kappa shape index (κ3) is 2.13. The lowest BCUT2D eigenvalue weighted by Gasteiger charge is -2.00. The van der Waals surface area contributed by atoms with E-state index in [1.165, 1.54) is 0 Å². The Kier molecular flexibility index (Phi) is 3.31. The van der Waals surface area contributed by atoms with Crippen LogP contribution in [0.2, 0.25) is 0 Å². The van der Waals surface area contributed by atoms with E-state index in [0.29, 0.717) is 11.3 Å². The number of hydrogen-bond acceptors (Lipinski definition) is 2. The van der Waals surface area contributed by atoms with Crippen molar-refractivity contribution in [3.8, 4) is 6.07 Å². The molecule has 0 aromatic heterocycles. The largest absolute Gasteiger partial charge is 0.193 e. The molecule has 0 N–H and O–H groups in total. The van der Waals surface area contributed by atoms with Crippen molar-refractivity contribution in [1.82, 2.24) is 0 Å². The number of allylic oxidation sites excluding steroid dienone is 1. The summed E-state index contributed by atoms with van der Waals surface area (Å²) in [6.45, 7) is 1.62. The lowest BCUT2D eigenvalue weighted by molar-refractivity contribution is 1.37. The molecule has 0 spiro atoms. The highest BCUT2D eigenvalue weighted by molar-refractivity contribution is 5.70. The zero-order valence-electron chi connectivity index (χ0n) is 7.68. The van der Waals surface area contributed by atoms with Gasteiger partial charge in [-0.3, -0.25) is 0 Å². The molecule has 0 radical (unpaired) electrons. The zero-order chi connectivity index (χ0) is 10.4. The molecule has 68 valence electrons. The molecule has 0 bridgehead atoms. The van der Waals surface area contributed by atoms with Gasteiger partial charge in [-0.15, -0.1) is 0 Å². The number of benzene rings is 1. The number of azide groups is 1. The Morgan fingerprint density at radius 2 is 2.07 bits per heavy atom. The summed E-state index contributed by atoms with van der Waals surface area (Å²) in [6.07, 6.45) is 0. The fourth-order valence-corrected chi connectivity index (χ4v) is 1.04. The predicted molar refractivity (Wildman–Crippen MR) is 53.8 cm³/mol. The quantitative estimate of drug-likeness (QED) is 0.301. The van der Waals surface area contributed by atoms with Gasteiger partial charge in [-0.05, 0) is 18.0 Å². The van der Waals surface area contributed by atoms with Gasteiger partial charge in [0.05, 0.1) is 11.8 Å². The number of nitrogens with zero attached hydrogens (tertiary/aromatic N) is 4. The standard InChI is InChI=1S/C10H8N4/c1-8(7-11)10(13-14-12)9-5-3-2-4-6-9/h2-6H,1H3/b10-8+. The molecule has 0 atom stereocenters. The average molecular weight is 184 g/mol. The third-order valence-electron chi connectivity index (χ3n) is 1.71. The molecule has 14 heavy (non-hydrogen) atoms. The highest BCUT2D eigenvalue weighted by atomic mass is 15.1. The molecular weight excluding hydrogens is 176 g/mol. The van der Waals surface area contributed by atoms with Crippen LogP contribution in [0.4, 0.5) is 0 Å². The van der Waals surface area contributed by atoms with E-state index in [9.17, 15) is 0 Å². The zero-order valence-corrected chi connectivity index (χ0v) is 7.68. The van der Waals surface area contributed by atoms with Crippen LogP contribution in [0.5, 0.6) is 0 Å². The van der Waals surface area contributed by atoms with E-state index in [2.05, 4.69) is 10.0 Å². The van der Waals surface area contributed by atoms with Gasteiger partial charge in [-0.2, -0.15) is 5.26 Å². The molecule has 4 nitrogen and oxygen atoms in total. The van der Waals surface area contributed by atoms with Gasteiger partial charge in [0.1, 0.15) is 0 Å². The summed E-state index contributed by atoms with van der Waals surface area (Å²) in [5.41, 5.74) is 9.91. The van der Waals surface area contributed by atoms with Crippen LogP contribution in [-0.2, 0) is 0 Å². The first-order valence-corrected chi connectivity index (χ1v) is 4.01. The summed E-state index contributed by atoms with van der Waals surface area (Å²) in [5.74, 6) is 0. The molecule has 0 aliphatic heterocycles. The number of rotatable bonds is 2. The average Bonchev–Trinajstić information content (AvgIpc) is 2.26. The summed E-state index contributed by atoms with van der Waals surface area (Å²) in [5, 5.41) is 12.2. The van der Waals surface area contributed by atoms with Gasteiger partial charge in [0.15, 0.2) is 0 Å². The molecule has 0 unspecified atom stereocenters. The first-order valence-electron chi connectivity index (χ1n) is 4.01. The van der Waals surface area contributed by atoms with E-state index < -0.39 is 0 Å². The van der Waals surface area contributed by atoms with E-state index >= 15 is 0 Å². The van der Waals surface area contributed by atoms with Crippen LogP contribution in [0, 0.1) is 11.3 Å². The van der Waals surface area contributed by atoms with Crippen molar-refractivity contribution in [3.63, 3.8) is 0 Å². The molecule has 1 aromatic carbocycles. The predicted octanol–water partition coefficient (Wildman–Crippen LogP) is 3.25. The first-order chi connectivity index (χ1) is 6.79. The molecule has 0 aliphatic rings. The molecule has 0 saturated heterocycles. The van der Waals surface area contributed by atoms with Crippen LogP contribution in [0.25, 0.3) is 16.1 Å². The molecule has 1 aromatic rings. The summed E-state index contributed by atoms with van der Waals surface area (Å²) in [4.78, 5) is 2.70. The van der Waals surface area contributed by atoms with Gasteiger partial charge in [0.25, 0.3) is 0 Å². The van der Waals surface area contributed by atoms with E-state index in [-0.39, 0.29) is 0 Å². The van der Waals surface area contributed by atoms with Crippen molar-refractivity contribution in [3.05, 3.63) is 51.9 Å². The summed E-state index contributed by atoms with van der Waals surface area (Å²) in [7, 11) is 0. The van der Waals surface area contributed by atoms with Gasteiger partial charge in [0.2, 0.25) is 0 Å². The van der Waals surface area contributed by atoms with Crippen LogP contribution < -0.4 is 0 Å². The topological polar surface area (TPSA) is 72.5 Å². The van der Waals surface area contributed by atoms with Gasteiger partial charge in [-0.1, -0.05) is 35.4 Å². The SMILES string of the molecule is C/C(C#N)=C(\N=[N+]=[N-])c1ccccc1. The highest BCUT2D eigenvalue weighted by Crippen LogP contribution is 2.19. The van der Waals surface area contributed by atoms with Crippen LogP contribution in [0.1, 0.15) is 12.5 Å². The molecule has 0 amide bonds. The Bertz CT molecular complexity index is 433. The van der Waals surface area contributed by atoms with Crippen molar-refractivity contribution < 1.29 is 0 Å². The molecule has 0 aliphatic carbocycles. The summed E-state index contributed by atoms with van der Waals surface area (Å²) >= 11 is 0. The Labute approximate surface area is 81.7 Å². The fourth-order valence-electron chi connectivity index (χ4n) is 1.04. The van der Waals surface area contributed by atoms with Crippen molar-refractivity contribution in [2.75, 3.05) is 0 Å². The molecule has 0 saturated carbocycles. The second kappa shape index (κ2) is 4.70. The smallest absolute Gasteiger partial charge is 0.0949 e. The number of hydrogen-bond donors (Lipinski definition) is 0. The van der Waals surface area contributed by atoms with Crippen molar-refractivity contribution in [1.29, 1.82) is 5.26 Å². The van der Waals surface area contributed by atoms with Crippen molar-refractivity contribution >= 4 is 5.70 Å². The highest BCUT2D eigenvalue weighted by Gasteiger charge is 2.02. The summed E-state index contributed by atoms with van der Waals surface area (Å²) < 4.78 is 0. The second-order valence-electron chi connectivity index (χ2n) is 2.64.